The van der Waals surface area contributed by atoms with Gasteiger partial charge in [0.25, 0.3) is 5.69 Å². The Bertz CT molecular complexity index is 1280. The number of non-ortho nitro benzene ring substituents is 1. The van der Waals surface area contributed by atoms with E-state index >= 15 is 0 Å². The summed E-state index contributed by atoms with van der Waals surface area (Å²) >= 11 is 0. The Balaban J connectivity index is 1.83. The number of ether oxygens (including phenoxy) is 1. The number of hydrogen-bond donors (Lipinski definition) is 1. The highest BCUT2D eigenvalue weighted by molar-refractivity contribution is 5.85. The summed E-state index contributed by atoms with van der Waals surface area (Å²) in [6, 6.07) is 15.1. The lowest BCUT2D eigenvalue weighted by Crippen LogP contribution is -1.89. The van der Waals surface area contributed by atoms with E-state index in [4.69, 9.17) is 9.72 Å². The quantitative estimate of drug-likeness (QED) is 0.297. The maximum absolute atomic E-state index is 10.8. The molecule has 8 heteroatoms. The molecule has 1 N–H and O–H groups in total. The van der Waals surface area contributed by atoms with Gasteiger partial charge in [0, 0.05) is 30.1 Å². The van der Waals surface area contributed by atoms with Crippen LogP contribution >= 0.6 is 0 Å². The second-order valence-corrected chi connectivity index (χ2v) is 6.71. The molecule has 0 unspecified atom stereocenters. The number of nitro groups is 1. The number of rotatable bonds is 5. The van der Waals surface area contributed by atoms with Crippen molar-refractivity contribution in [3.63, 3.8) is 0 Å². The van der Waals surface area contributed by atoms with Crippen LogP contribution in [0.15, 0.2) is 65.8 Å². The van der Waals surface area contributed by atoms with Crippen LogP contribution in [-0.4, -0.2) is 32.7 Å². The van der Waals surface area contributed by atoms with Crippen LogP contribution in [0.5, 0.6) is 11.5 Å². The molecule has 2 aromatic heterocycles. The first-order valence-electron chi connectivity index (χ1n) is 9.11. The zero-order chi connectivity index (χ0) is 21.3. The second-order valence-electron chi connectivity index (χ2n) is 6.71. The van der Waals surface area contributed by atoms with Gasteiger partial charge in [0.2, 0.25) is 0 Å². The number of nitro benzene ring substituents is 1. The normalized spacial score (nSPS) is 11.3. The molecule has 0 atom stereocenters. The summed E-state index contributed by atoms with van der Waals surface area (Å²) in [7, 11) is 1.49. The minimum Gasteiger partial charge on any atom is -0.504 e. The summed E-state index contributed by atoms with van der Waals surface area (Å²) < 4.78 is 7.09. The lowest BCUT2D eigenvalue weighted by atomic mass is 10.1. The molecular formula is C22H18N4O4. The molecule has 0 saturated heterocycles. The van der Waals surface area contributed by atoms with E-state index in [-0.39, 0.29) is 11.4 Å². The highest BCUT2D eigenvalue weighted by Crippen LogP contribution is 2.36. The summed E-state index contributed by atoms with van der Waals surface area (Å²) in [5.41, 5.74) is 3.89. The monoisotopic (exact) mass is 402 g/mol. The van der Waals surface area contributed by atoms with Crippen molar-refractivity contribution in [1.82, 2.24) is 9.38 Å². The molecule has 0 aliphatic heterocycles. The fourth-order valence-corrected chi connectivity index (χ4v) is 3.09. The molecule has 4 rings (SSSR count). The van der Waals surface area contributed by atoms with Gasteiger partial charge in [-0.15, -0.1) is 0 Å². The molecule has 2 heterocycles. The number of aromatic hydroxyl groups is 1. The number of fused-ring (bicyclic) bond motifs is 1. The lowest BCUT2D eigenvalue weighted by molar-refractivity contribution is -0.384. The van der Waals surface area contributed by atoms with E-state index in [0.717, 1.165) is 22.3 Å². The summed E-state index contributed by atoms with van der Waals surface area (Å²) in [5, 5.41) is 20.8. The number of aliphatic imine (C=N–C) groups is 1. The van der Waals surface area contributed by atoms with E-state index in [9.17, 15) is 15.2 Å². The number of aryl methyl sites for hydroxylation is 1. The maximum Gasteiger partial charge on any atom is 0.269 e. The molecule has 30 heavy (non-hydrogen) atoms. The van der Waals surface area contributed by atoms with E-state index in [2.05, 4.69) is 4.99 Å². The number of phenols is 1. The van der Waals surface area contributed by atoms with Gasteiger partial charge < -0.3 is 9.84 Å². The van der Waals surface area contributed by atoms with Gasteiger partial charge in [-0.3, -0.25) is 14.5 Å². The number of pyridine rings is 1. The molecule has 8 nitrogen and oxygen atoms in total. The molecule has 0 fully saturated rings. The summed E-state index contributed by atoms with van der Waals surface area (Å²) in [5.74, 6) is 0.971. The fraction of sp³-hybridized carbons (Fsp3) is 0.0909. The predicted molar refractivity (Wildman–Crippen MR) is 114 cm³/mol. The molecule has 0 bridgehead atoms. The first-order valence-corrected chi connectivity index (χ1v) is 9.11. The Kier molecular flexibility index (Phi) is 4.89. The fourth-order valence-electron chi connectivity index (χ4n) is 3.09. The van der Waals surface area contributed by atoms with Gasteiger partial charge in [0.15, 0.2) is 17.3 Å². The number of methoxy groups -OCH3 is 1. The van der Waals surface area contributed by atoms with Gasteiger partial charge in [-0.05, 0) is 60.5 Å². The minimum absolute atomic E-state index is 0.0225. The number of aromatic nitrogens is 2. The van der Waals surface area contributed by atoms with Gasteiger partial charge >= 0.3 is 0 Å². The highest BCUT2D eigenvalue weighted by Gasteiger charge is 2.15. The molecule has 0 aliphatic rings. The van der Waals surface area contributed by atoms with Crippen LogP contribution in [0.3, 0.4) is 0 Å². The van der Waals surface area contributed by atoms with E-state index in [1.165, 1.54) is 19.2 Å². The Morgan fingerprint density at radius 2 is 1.93 bits per heavy atom. The zero-order valence-electron chi connectivity index (χ0n) is 16.3. The predicted octanol–water partition coefficient (Wildman–Crippen LogP) is 4.68. The second kappa shape index (κ2) is 7.67. The van der Waals surface area contributed by atoms with Crippen molar-refractivity contribution >= 4 is 23.4 Å². The molecule has 0 saturated carbocycles. The average Bonchev–Trinajstić information content (AvgIpc) is 3.10. The number of nitrogens with zero attached hydrogens (tertiary/aromatic N) is 4. The van der Waals surface area contributed by atoms with Crippen molar-refractivity contribution in [1.29, 1.82) is 0 Å². The summed E-state index contributed by atoms with van der Waals surface area (Å²) in [4.78, 5) is 19.7. The van der Waals surface area contributed by atoms with Crippen LogP contribution < -0.4 is 4.74 Å². The van der Waals surface area contributed by atoms with Gasteiger partial charge in [-0.2, -0.15) is 0 Å². The van der Waals surface area contributed by atoms with Crippen molar-refractivity contribution in [2.24, 2.45) is 4.99 Å². The summed E-state index contributed by atoms with van der Waals surface area (Å²) in [6.45, 7) is 1.98. The zero-order valence-corrected chi connectivity index (χ0v) is 16.3. The highest BCUT2D eigenvalue weighted by atomic mass is 16.6. The van der Waals surface area contributed by atoms with Crippen LogP contribution in [0.25, 0.3) is 16.9 Å². The Labute approximate surface area is 171 Å². The van der Waals surface area contributed by atoms with E-state index < -0.39 is 4.92 Å². The maximum atomic E-state index is 10.8. The Morgan fingerprint density at radius 3 is 2.63 bits per heavy atom. The first kappa shape index (κ1) is 19.1. The van der Waals surface area contributed by atoms with Crippen LogP contribution in [0.4, 0.5) is 11.5 Å². The van der Waals surface area contributed by atoms with Crippen molar-refractivity contribution < 1.29 is 14.8 Å². The van der Waals surface area contributed by atoms with Gasteiger partial charge in [0.1, 0.15) is 11.3 Å². The Hall–Kier alpha value is -4.20. The van der Waals surface area contributed by atoms with Crippen molar-refractivity contribution in [3.05, 3.63) is 82.0 Å². The molecule has 0 amide bonds. The van der Waals surface area contributed by atoms with E-state index in [1.807, 2.05) is 29.7 Å². The van der Waals surface area contributed by atoms with Crippen LogP contribution in [0.1, 0.15) is 11.1 Å². The van der Waals surface area contributed by atoms with E-state index in [0.29, 0.717) is 17.3 Å². The molecule has 0 aliphatic carbocycles. The number of hydrogen-bond acceptors (Lipinski definition) is 6. The third-order valence-electron chi connectivity index (χ3n) is 4.65. The third kappa shape index (κ3) is 3.58. The van der Waals surface area contributed by atoms with Crippen LogP contribution in [0.2, 0.25) is 0 Å². The van der Waals surface area contributed by atoms with Crippen molar-refractivity contribution in [2.45, 2.75) is 6.92 Å². The standard InChI is InChI=1S/C22H18N4O4/c1-14-9-10-25-20(11-14)24-21(16-5-8-18(27)19(12-16)30-2)22(25)23-13-15-3-6-17(7-4-15)26(28)29/h3-13,27H,1-2H3. The molecule has 0 spiro atoms. The average molecular weight is 402 g/mol. The van der Waals surface area contributed by atoms with Gasteiger partial charge in [-0.1, -0.05) is 0 Å². The molecule has 4 aromatic rings. The molecule has 150 valence electrons. The lowest BCUT2D eigenvalue weighted by Gasteiger charge is -2.06. The first-order chi connectivity index (χ1) is 14.5. The Morgan fingerprint density at radius 1 is 1.17 bits per heavy atom. The van der Waals surface area contributed by atoms with Crippen LogP contribution in [0, 0.1) is 17.0 Å². The van der Waals surface area contributed by atoms with Crippen molar-refractivity contribution in [2.75, 3.05) is 7.11 Å². The number of benzene rings is 2. The number of imidazole rings is 1. The number of phenolic OH excluding ortho intramolecular Hbond substituents is 1. The van der Waals surface area contributed by atoms with Crippen LogP contribution in [-0.2, 0) is 0 Å². The summed E-state index contributed by atoms with van der Waals surface area (Å²) in [6.07, 6.45) is 3.52. The third-order valence-corrected chi connectivity index (χ3v) is 4.65. The topological polar surface area (TPSA) is 102 Å². The minimum atomic E-state index is -0.440. The smallest absolute Gasteiger partial charge is 0.269 e. The SMILES string of the molecule is COc1cc(-c2nc3cc(C)ccn3c2N=Cc2ccc([N+](=O)[O-])cc2)ccc1O. The molecular weight excluding hydrogens is 384 g/mol. The van der Waals surface area contributed by atoms with E-state index in [1.54, 1.807) is 36.5 Å². The van der Waals surface area contributed by atoms with Gasteiger partial charge in [0.05, 0.1) is 12.0 Å². The molecule has 0 radical (unpaired) electrons. The van der Waals surface area contributed by atoms with Crippen molar-refractivity contribution in [3.8, 4) is 22.8 Å². The largest absolute Gasteiger partial charge is 0.504 e. The molecule has 2 aromatic carbocycles. The van der Waals surface area contributed by atoms with Gasteiger partial charge in [-0.25, -0.2) is 9.98 Å².